The van der Waals surface area contributed by atoms with Crippen LogP contribution >= 0.6 is 0 Å². The summed E-state index contributed by atoms with van der Waals surface area (Å²) in [5.41, 5.74) is 10.2. The van der Waals surface area contributed by atoms with Gasteiger partial charge in [-0.1, -0.05) is 18.2 Å². The number of aromatic nitrogens is 2. The fourth-order valence-corrected chi connectivity index (χ4v) is 2.49. The van der Waals surface area contributed by atoms with Gasteiger partial charge in [-0.25, -0.2) is 9.67 Å². The molecule has 3 N–H and O–H groups in total. The maximum atomic E-state index is 5.93. The first-order chi connectivity index (χ1) is 11.6. The summed E-state index contributed by atoms with van der Waals surface area (Å²) >= 11 is 0. The highest BCUT2D eigenvalue weighted by Gasteiger charge is 2.08. The zero-order valence-corrected chi connectivity index (χ0v) is 14.7. The number of hydrogen-bond acceptors (Lipinski definition) is 3. The molecule has 1 aromatic carbocycles. The average molecular weight is 329 g/mol. The maximum Gasteiger partial charge on any atom is 0.188 e. The first-order valence-electron chi connectivity index (χ1n) is 8.35. The molecule has 130 valence electrons. The maximum absolute atomic E-state index is 5.93. The molecule has 6 heteroatoms. The fraction of sp³-hybridized carbons (Fsp3) is 0.444. The van der Waals surface area contributed by atoms with Crippen molar-refractivity contribution in [3.05, 3.63) is 47.3 Å². The molecule has 0 saturated carbocycles. The van der Waals surface area contributed by atoms with Gasteiger partial charge in [-0.3, -0.25) is 0 Å². The number of aryl methyl sites for hydroxylation is 2. The Morgan fingerprint density at radius 1 is 1.33 bits per heavy atom. The van der Waals surface area contributed by atoms with Crippen LogP contribution in [0.1, 0.15) is 30.3 Å². The Morgan fingerprint density at radius 2 is 2.12 bits per heavy atom. The summed E-state index contributed by atoms with van der Waals surface area (Å²) in [5.74, 6) is 0.453. The highest BCUT2D eigenvalue weighted by Crippen LogP contribution is 2.17. The third kappa shape index (κ3) is 5.09. The SMILES string of the molecule is CCOCCCNC(N)=NCc1ccccc1-n1nc(C)cc1C. The Kier molecular flexibility index (Phi) is 6.81. The minimum Gasteiger partial charge on any atom is -0.382 e. The zero-order valence-electron chi connectivity index (χ0n) is 14.7. The first-order valence-corrected chi connectivity index (χ1v) is 8.35. The molecule has 0 saturated heterocycles. The summed E-state index contributed by atoms with van der Waals surface area (Å²) in [4.78, 5) is 4.44. The molecule has 0 aliphatic carbocycles. The number of benzene rings is 1. The number of ether oxygens (including phenoxy) is 1. The summed E-state index contributed by atoms with van der Waals surface area (Å²) in [5, 5.41) is 7.67. The normalized spacial score (nSPS) is 11.7. The van der Waals surface area contributed by atoms with Crippen molar-refractivity contribution in [2.45, 2.75) is 33.7 Å². The summed E-state index contributed by atoms with van der Waals surface area (Å²) in [7, 11) is 0. The van der Waals surface area contributed by atoms with Crippen molar-refractivity contribution in [1.82, 2.24) is 15.1 Å². The Bertz CT molecular complexity index is 678. The minimum atomic E-state index is 0.453. The molecule has 2 rings (SSSR count). The van der Waals surface area contributed by atoms with Crippen LogP contribution < -0.4 is 11.1 Å². The second kappa shape index (κ2) is 9.08. The van der Waals surface area contributed by atoms with E-state index in [9.17, 15) is 0 Å². The predicted molar refractivity (Wildman–Crippen MR) is 97.5 cm³/mol. The minimum absolute atomic E-state index is 0.453. The molecule has 0 aliphatic heterocycles. The Morgan fingerprint density at radius 3 is 2.83 bits per heavy atom. The Balaban J connectivity index is 2.00. The molecular weight excluding hydrogens is 302 g/mol. The van der Waals surface area contributed by atoms with Crippen LogP contribution in [0.15, 0.2) is 35.3 Å². The monoisotopic (exact) mass is 329 g/mol. The summed E-state index contributed by atoms with van der Waals surface area (Å²) in [6, 6.07) is 10.2. The topological polar surface area (TPSA) is 77.5 Å². The van der Waals surface area contributed by atoms with Crippen molar-refractivity contribution in [3.8, 4) is 5.69 Å². The van der Waals surface area contributed by atoms with Gasteiger partial charge in [0.05, 0.1) is 17.9 Å². The van der Waals surface area contributed by atoms with Crippen molar-refractivity contribution in [1.29, 1.82) is 0 Å². The molecule has 0 fully saturated rings. The summed E-state index contributed by atoms with van der Waals surface area (Å²) < 4.78 is 7.24. The quantitative estimate of drug-likeness (QED) is 0.443. The summed E-state index contributed by atoms with van der Waals surface area (Å²) in [6.45, 7) is 8.78. The number of nitrogens with zero attached hydrogens (tertiary/aromatic N) is 3. The van der Waals surface area contributed by atoms with Crippen molar-refractivity contribution < 1.29 is 4.74 Å². The van der Waals surface area contributed by atoms with Gasteiger partial charge < -0.3 is 15.8 Å². The van der Waals surface area contributed by atoms with Crippen LogP contribution in [0.3, 0.4) is 0 Å². The molecular formula is C18H27N5O. The second-order valence-electron chi connectivity index (χ2n) is 5.65. The fourth-order valence-electron chi connectivity index (χ4n) is 2.49. The van der Waals surface area contributed by atoms with Gasteiger partial charge in [0.15, 0.2) is 5.96 Å². The number of guanidine groups is 1. The highest BCUT2D eigenvalue weighted by molar-refractivity contribution is 5.77. The Hall–Kier alpha value is -2.34. The third-order valence-electron chi connectivity index (χ3n) is 3.62. The average Bonchev–Trinajstić information content (AvgIpc) is 2.91. The molecule has 2 aromatic rings. The van der Waals surface area contributed by atoms with E-state index < -0.39 is 0 Å². The smallest absolute Gasteiger partial charge is 0.188 e. The van der Waals surface area contributed by atoms with Crippen molar-refractivity contribution >= 4 is 5.96 Å². The molecule has 1 aromatic heterocycles. The lowest BCUT2D eigenvalue weighted by Crippen LogP contribution is -2.32. The van der Waals surface area contributed by atoms with E-state index in [-0.39, 0.29) is 0 Å². The lowest BCUT2D eigenvalue weighted by Gasteiger charge is -2.10. The molecule has 0 bridgehead atoms. The number of para-hydroxylation sites is 1. The van der Waals surface area contributed by atoms with Crippen molar-refractivity contribution in [2.24, 2.45) is 10.7 Å². The number of hydrogen-bond donors (Lipinski definition) is 2. The molecule has 0 aliphatic rings. The van der Waals surface area contributed by atoms with Gasteiger partial charge in [-0.15, -0.1) is 0 Å². The summed E-state index contributed by atoms with van der Waals surface area (Å²) in [6.07, 6.45) is 0.909. The van der Waals surface area contributed by atoms with Crippen LogP contribution in [0.2, 0.25) is 0 Å². The van der Waals surface area contributed by atoms with E-state index in [2.05, 4.69) is 33.6 Å². The molecule has 0 atom stereocenters. The third-order valence-corrected chi connectivity index (χ3v) is 3.62. The van der Waals surface area contributed by atoms with Crippen LogP contribution in [-0.4, -0.2) is 35.5 Å². The van der Waals surface area contributed by atoms with E-state index in [1.54, 1.807) is 0 Å². The molecule has 6 nitrogen and oxygen atoms in total. The molecule has 24 heavy (non-hydrogen) atoms. The van der Waals surface area contributed by atoms with Crippen molar-refractivity contribution in [3.63, 3.8) is 0 Å². The number of nitrogens with two attached hydrogens (primary N) is 1. The van der Waals surface area contributed by atoms with Gasteiger partial charge in [0, 0.05) is 25.5 Å². The molecule has 0 spiro atoms. The van der Waals surface area contributed by atoms with Crippen LogP contribution in [0.25, 0.3) is 5.69 Å². The lowest BCUT2D eigenvalue weighted by atomic mass is 10.2. The standard InChI is InChI=1S/C18H27N5O/c1-4-24-11-7-10-20-18(19)21-13-16-8-5-6-9-17(16)23-15(3)12-14(2)22-23/h5-6,8-9,12H,4,7,10-11,13H2,1-3H3,(H3,19,20,21). The largest absolute Gasteiger partial charge is 0.382 e. The molecule has 1 heterocycles. The van der Waals surface area contributed by atoms with Crippen molar-refractivity contribution in [2.75, 3.05) is 19.8 Å². The van der Waals surface area contributed by atoms with E-state index in [0.717, 1.165) is 48.8 Å². The molecule has 0 radical (unpaired) electrons. The van der Waals surface area contributed by atoms with Gasteiger partial charge in [0.1, 0.15) is 0 Å². The van der Waals surface area contributed by atoms with E-state index in [0.29, 0.717) is 12.5 Å². The van der Waals surface area contributed by atoms with Crippen LogP contribution in [0, 0.1) is 13.8 Å². The van der Waals surface area contributed by atoms with Gasteiger partial charge in [0.25, 0.3) is 0 Å². The molecule has 0 unspecified atom stereocenters. The van der Waals surface area contributed by atoms with Gasteiger partial charge >= 0.3 is 0 Å². The Labute approximate surface area is 143 Å². The lowest BCUT2D eigenvalue weighted by molar-refractivity contribution is 0.145. The van der Waals surface area contributed by atoms with Gasteiger partial charge in [0.2, 0.25) is 0 Å². The zero-order chi connectivity index (χ0) is 17.4. The van der Waals surface area contributed by atoms with Gasteiger partial charge in [-0.2, -0.15) is 5.10 Å². The number of rotatable bonds is 8. The number of aliphatic imine (C=N–C) groups is 1. The highest BCUT2D eigenvalue weighted by atomic mass is 16.5. The van der Waals surface area contributed by atoms with E-state index in [1.165, 1.54) is 0 Å². The predicted octanol–water partition coefficient (Wildman–Crippen LogP) is 2.32. The van der Waals surface area contributed by atoms with Crippen LogP contribution in [-0.2, 0) is 11.3 Å². The van der Waals surface area contributed by atoms with E-state index >= 15 is 0 Å². The van der Waals surface area contributed by atoms with E-state index in [1.807, 2.05) is 37.6 Å². The van der Waals surface area contributed by atoms with Crippen LogP contribution in [0.4, 0.5) is 0 Å². The first kappa shape index (κ1) is 18.0. The molecule has 0 amide bonds. The van der Waals surface area contributed by atoms with Crippen LogP contribution in [0.5, 0.6) is 0 Å². The number of nitrogens with one attached hydrogen (secondary N) is 1. The van der Waals surface area contributed by atoms with Gasteiger partial charge in [-0.05, 0) is 44.9 Å². The van der Waals surface area contributed by atoms with E-state index in [4.69, 9.17) is 10.5 Å². The second-order valence-corrected chi connectivity index (χ2v) is 5.65.